The van der Waals surface area contributed by atoms with E-state index in [2.05, 4.69) is 19.2 Å². The molecule has 2 heteroatoms. The molecule has 1 saturated heterocycles. The first-order valence-electron chi connectivity index (χ1n) is 5.15. The highest BCUT2D eigenvalue weighted by Gasteiger charge is 2.14. The summed E-state index contributed by atoms with van der Waals surface area (Å²) >= 11 is 0. The van der Waals surface area contributed by atoms with Gasteiger partial charge in [0.05, 0.1) is 6.10 Å². The SMILES string of the molecule is CC[C@@H](C)CNC[C@@H]1CCCO1. The lowest BCUT2D eigenvalue weighted by molar-refractivity contribution is 0.109. The van der Waals surface area contributed by atoms with Crippen LogP contribution in [0.3, 0.4) is 0 Å². The fourth-order valence-electron chi connectivity index (χ4n) is 1.44. The molecule has 0 spiro atoms. The Morgan fingerprint density at radius 1 is 1.58 bits per heavy atom. The Hall–Kier alpha value is -0.0800. The molecule has 1 aliphatic rings. The highest BCUT2D eigenvalue weighted by molar-refractivity contribution is 4.68. The smallest absolute Gasteiger partial charge is 0.0700 e. The minimum absolute atomic E-state index is 0.494. The van der Waals surface area contributed by atoms with Gasteiger partial charge in [-0.1, -0.05) is 20.3 Å². The molecule has 1 heterocycles. The zero-order valence-corrected chi connectivity index (χ0v) is 8.31. The molecule has 1 fully saturated rings. The summed E-state index contributed by atoms with van der Waals surface area (Å²) in [6, 6.07) is 0. The van der Waals surface area contributed by atoms with E-state index in [1.165, 1.54) is 19.3 Å². The fraction of sp³-hybridized carbons (Fsp3) is 1.00. The monoisotopic (exact) mass is 171 g/mol. The number of hydrogen-bond acceptors (Lipinski definition) is 2. The van der Waals surface area contributed by atoms with Crippen LogP contribution in [0.1, 0.15) is 33.1 Å². The van der Waals surface area contributed by atoms with Crippen LogP contribution >= 0.6 is 0 Å². The van der Waals surface area contributed by atoms with Crippen molar-refractivity contribution in [2.75, 3.05) is 19.7 Å². The Morgan fingerprint density at radius 3 is 3.00 bits per heavy atom. The largest absolute Gasteiger partial charge is 0.377 e. The molecule has 12 heavy (non-hydrogen) atoms. The topological polar surface area (TPSA) is 21.3 Å². The predicted molar refractivity (Wildman–Crippen MR) is 51.3 cm³/mol. The van der Waals surface area contributed by atoms with Crippen molar-refractivity contribution in [2.45, 2.75) is 39.2 Å². The second-order valence-electron chi connectivity index (χ2n) is 3.81. The van der Waals surface area contributed by atoms with E-state index >= 15 is 0 Å². The first-order chi connectivity index (χ1) is 5.83. The second kappa shape index (κ2) is 5.55. The van der Waals surface area contributed by atoms with E-state index in [-0.39, 0.29) is 0 Å². The van der Waals surface area contributed by atoms with Crippen molar-refractivity contribution in [2.24, 2.45) is 5.92 Å². The molecule has 0 aromatic rings. The Kier molecular flexibility index (Phi) is 4.62. The van der Waals surface area contributed by atoms with Gasteiger partial charge in [-0.3, -0.25) is 0 Å². The van der Waals surface area contributed by atoms with E-state index in [9.17, 15) is 0 Å². The van der Waals surface area contributed by atoms with Crippen molar-refractivity contribution in [3.8, 4) is 0 Å². The van der Waals surface area contributed by atoms with Crippen LogP contribution in [-0.4, -0.2) is 25.8 Å². The highest BCUT2D eigenvalue weighted by Crippen LogP contribution is 2.10. The number of rotatable bonds is 5. The van der Waals surface area contributed by atoms with Crippen LogP contribution in [0.15, 0.2) is 0 Å². The Morgan fingerprint density at radius 2 is 2.42 bits per heavy atom. The van der Waals surface area contributed by atoms with Crippen LogP contribution in [0, 0.1) is 5.92 Å². The first-order valence-corrected chi connectivity index (χ1v) is 5.15. The fourth-order valence-corrected chi connectivity index (χ4v) is 1.44. The molecule has 0 amide bonds. The summed E-state index contributed by atoms with van der Waals surface area (Å²) in [6.45, 7) is 7.66. The van der Waals surface area contributed by atoms with E-state index in [1.54, 1.807) is 0 Å². The average molecular weight is 171 g/mol. The third-order valence-electron chi connectivity index (χ3n) is 2.59. The standard InChI is InChI=1S/C10H21NO/c1-3-9(2)7-11-8-10-5-4-6-12-10/h9-11H,3-8H2,1-2H3/t9-,10+/m1/s1. The Bertz CT molecular complexity index is 110. The van der Waals surface area contributed by atoms with Gasteiger partial charge >= 0.3 is 0 Å². The van der Waals surface area contributed by atoms with Crippen LogP contribution in [0.25, 0.3) is 0 Å². The van der Waals surface area contributed by atoms with Gasteiger partial charge in [0.1, 0.15) is 0 Å². The summed E-state index contributed by atoms with van der Waals surface area (Å²) in [6.07, 6.45) is 4.25. The summed E-state index contributed by atoms with van der Waals surface area (Å²) in [5.41, 5.74) is 0. The average Bonchev–Trinajstić information content (AvgIpc) is 2.57. The molecule has 0 aromatic heterocycles. The summed E-state index contributed by atoms with van der Waals surface area (Å²) in [4.78, 5) is 0. The molecule has 1 N–H and O–H groups in total. The van der Waals surface area contributed by atoms with Crippen molar-refractivity contribution in [1.29, 1.82) is 0 Å². The van der Waals surface area contributed by atoms with Gasteiger partial charge in [0.2, 0.25) is 0 Å². The third kappa shape index (κ3) is 3.55. The normalized spacial score (nSPS) is 26.0. The van der Waals surface area contributed by atoms with E-state index in [0.717, 1.165) is 25.6 Å². The lowest BCUT2D eigenvalue weighted by Crippen LogP contribution is -2.29. The molecule has 1 aliphatic heterocycles. The van der Waals surface area contributed by atoms with Crippen LogP contribution in [0.2, 0.25) is 0 Å². The lowest BCUT2D eigenvalue weighted by atomic mass is 10.1. The maximum absolute atomic E-state index is 5.51. The zero-order valence-electron chi connectivity index (χ0n) is 8.31. The van der Waals surface area contributed by atoms with E-state index in [4.69, 9.17) is 4.74 Å². The van der Waals surface area contributed by atoms with Crippen LogP contribution in [0.5, 0.6) is 0 Å². The summed E-state index contributed by atoms with van der Waals surface area (Å²) in [5, 5.41) is 3.45. The predicted octanol–water partition coefficient (Wildman–Crippen LogP) is 1.80. The molecule has 0 aliphatic carbocycles. The van der Waals surface area contributed by atoms with Gasteiger partial charge in [-0.25, -0.2) is 0 Å². The Labute approximate surface area is 75.7 Å². The van der Waals surface area contributed by atoms with Crippen molar-refractivity contribution < 1.29 is 4.74 Å². The summed E-state index contributed by atoms with van der Waals surface area (Å²) in [5.74, 6) is 0.798. The van der Waals surface area contributed by atoms with E-state index < -0.39 is 0 Å². The first kappa shape index (κ1) is 10.0. The van der Waals surface area contributed by atoms with Crippen LogP contribution in [0.4, 0.5) is 0 Å². The van der Waals surface area contributed by atoms with E-state index in [1.807, 2.05) is 0 Å². The highest BCUT2D eigenvalue weighted by atomic mass is 16.5. The number of nitrogens with one attached hydrogen (secondary N) is 1. The molecular formula is C10H21NO. The summed E-state index contributed by atoms with van der Waals surface area (Å²) in [7, 11) is 0. The van der Waals surface area contributed by atoms with Gasteiger partial charge in [0.15, 0.2) is 0 Å². The number of hydrogen-bond donors (Lipinski definition) is 1. The molecule has 0 radical (unpaired) electrons. The second-order valence-corrected chi connectivity index (χ2v) is 3.81. The van der Waals surface area contributed by atoms with Gasteiger partial charge < -0.3 is 10.1 Å². The molecule has 1 rings (SSSR count). The lowest BCUT2D eigenvalue weighted by Gasteiger charge is -2.13. The Balaban J connectivity index is 1.94. The molecule has 0 unspecified atom stereocenters. The van der Waals surface area contributed by atoms with Crippen molar-refractivity contribution in [1.82, 2.24) is 5.32 Å². The quantitative estimate of drug-likeness (QED) is 0.681. The van der Waals surface area contributed by atoms with Gasteiger partial charge in [-0.15, -0.1) is 0 Å². The minimum atomic E-state index is 0.494. The van der Waals surface area contributed by atoms with E-state index in [0.29, 0.717) is 6.10 Å². The van der Waals surface area contributed by atoms with Crippen molar-refractivity contribution in [3.63, 3.8) is 0 Å². The van der Waals surface area contributed by atoms with Crippen molar-refractivity contribution >= 4 is 0 Å². The van der Waals surface area contributed by atoms with Gasteiger partial charge in [0.25, 0.3) is 0 Å². The van der Waals surface area contributed by atoms with Gasteiger partial charge in [-0.05, 0) is 25.3 Å². The molecule has 72 valence electrons. The maximum Gasteiger partial charge on any atom is 0.0700 e. The summed E-state index contributed by atoms with van der Waals surface area (Å²) < 4.78 is 5.51. The number of ether oxygens (including phenoxy) is 1. The molecule has 0 aromatic carbocycles. The van der Waals surface area contributed by atoms with Crippen LogP contribution < -0.4 is 5.32 Å². The maximum atomic E-state index is 5.51. The molecule has 0 saturated carbocycles. The molecule has 0 bridgehead atoms. The molecular weight excluding hydrogens is 150 g/mol. The third-order valence-corrected chi connectivity index (χ3v) is 2.59. The van der Waals surface area contributed by atoms with Crippen molar-refractivity contribution in [3.05, 3.63) is 0 Å². The van der Waals surface area contributed by atoms with Crippen LogP contribution in [-0.2, 0) is 4.74 Å². The molecule has 2 nitrogen and oxygen atoms in total. The zero-order chi connectivity index (χ0) is 8.81. The van der Waals surface area contributed by atoms with Gasteiger partial charge in [-0.2, -0.15) is 0 Å². The molecule has 2 atom stereocenters. The van der Waals surface area contributed by atoms with Gasteiger partial charge in [0, 0.05) is 13.2 Å². The minimum Gasteiger partial charge on any atom is -0.377 e.